The predicted molar refractivity (Wildman–Crippen MR) is 80.4 cm³/mol. The number of piperidine rings is 1. The van der Waals surface area contributed by atoms with Gasteiger partial charge in [-0.05, 0) is 32.0 Å². The quantitative estimate of drug-likeness (QED) is 0.422. The van der Waals surface area contributed by atoms with Crippen LogP contribution in [0.4, 0.5) is 11.4 Å². The van der Waals surface area contributed by atoms with Crippen molar-refractivity contribution in [2.45, 2.75) is 23.8 Å². The number of nitrogens with zero attached hydrogens (tertiary/aromatic N) is 1. The molecule has 0 radical (unpaired) electrons. The van der Waals surface area contributed by atoms with E-state index in [4.69, 9.17) is 5.11 Å². The summed E-state index contributed by atoms with van der Waals surface area (Å²) in [5.41, 5.74) is 0.888. The van der Waals surface area contributed by atoms with Gasteiger partial charge in [0.05, 0.1) is 17.2 Å². The van der Waals surface area contributed by atoms with Gasteiger partial charge in [-0.25, -0.2) is 0 Å². The van der Waals surface area contributed by atoms with Crippen LogP contribution in [0.25, 0.3) is 0 Å². The van der Waals surface area contributed by atoms with E-state index in [-0.39, 0.29) is 17.2 Å². The SMILES string of the molecule is O=[N+]([O-])c1ccc(SCCO)c(NC2CCNCC2)c1. The van der Waals surface area contributed by atoms with E-state index in [2.05, 4.69) is 10.6 Å². The molecule has 1 heterocycles. The van der Waals surface area contributed by atoms with E-state index in [1.807, 2.05) is 0 Å². The van der Waals surface area contributed by atoms with E-state index in [1.54, 1.807) is 12.1 Å². The predicted octanol–water partition coefficient (Wildman–Crippen LogP) is 1.84. The number of aliphatic hydroxyl groups excluding tert-OH is 1. The zero-order chi connectivity index (χ0) is 14.4. The summed E-state index contributed by atoms with van der Waals surface area (Å²) in [5, 5.41) is 26.5. The number of benzene rings is 1. The summed E-state index contributed by atoms with van der Waals surface area (Å²) >= 11 is 1.51. The molecule has 2 rings (SSSR count). The summed E-state index contributed by atoms with van der Waals surface area (Å²) in [6.07, 6.45) is 2.01. The molecule has 1 aromatic rings. The molecule has 3 N–H and O–H groups in total. The molecule has 110 valence electrons. The lowest BCUT2D eigenvalue weighted by atomic mass is 10.1. The third-order valence-electron chi connectivity index (χ3n) is 3.22. The van der Waals surface area contributed by atoms with Crippen LogP contribution in [-0.4, -0.2) is 41.5 Å². The number of hydrogen-bond donors (Lipinski definition) is 3. The van der Waals surface area contributed by atoms with Gasteiger partial charge in [0.15, 0.2) is 0 Å². The molecule has 7 heteroatoms. The Balaban J connectivity index is 2.16. The van der Waals surface area contributed by atoms with Gasteiger partial charge in [0.1, 0.15) is 0 Å². The van der Waals surface area contributed by atoms with Crippen molar-refractivity contribution in [1.29, 1.82) is 0 Å². The highest BCUT2D eigenvalue weighted by atomic mass is 32.2. The first kappa shape index (κ1) is 15.1. The smallest absolute Gasteiger partial charge is 0.271 e. The monoisotopic (exact) mass is 297 g/mol. The third kappa shape index (κ3) is 4.09. The summed E-state index contributed by atoms with van der Waals surface area (Å²) in [5.74, 6) is 0.582. The van der Waals surface area contributed by atoms with Crippen molar-refractivity contribution in [3.05, 3.63) is 28.3 Å². The summed E-state index contributed by atoms with van der Waals surface area (Å²) in [6.45, 7) is 2.02. The minimum atomic E-state index is -0.381. The van der Waals surface area contributed by atoms with Crippen molar-refractivity contribution >= 4 is 23.1 Å². The van der Waals surface area contributed by atoms with E-state index in [9.17, 15) is 10.1 Å². The maximum absolute atomic E-state index is 10.9. The van der Waals surface area contributed by atoms with E-state index in [1.165, 1.54) is 17.8 Å². The van der Waals surface area contributed by atoms with E-state index in [0.717, 1.165) is 36.5 Å². The van der Waals surface area contributed by atoms with Gasteiger partial charge in [-0.3, -0.25) is 10.1 Å². The second kappa shape index (κ2) is 7.47. The topological polar surface area (TPSA) is 87.4 Å². The Morgan fingerprint density at radius 3 is 2.85 bits per heavy atom. The highest BCUT2D eigenvalue weighted by Crippen LogP contribution is 2.31. The van der Waals surface area contributed by atoms with Crippen LogP contribution in [-0.2, 0) is 0 Å². The Morgan fingerprint density at radius 2 is 2.20 bits per heavy atom. The first-order valence-corrected chi connectivity index (χ1v) is 7.68. The number of nitro groups is 1. The summed E-state index contributed by atoms with van der Waals surface area (Å²) < 4.78 is 0. The molecule has 1 aliphatic heterocycles. The third-order valence-corrected chi connectivity index (χ3v) is 4.28. The van der Waals surface area contributed by atoms with E-state index >= 15 is 0 Å². The van der Waals surface area contributed by atoms with Crippen LogP contribution in [0.15, 0.2) is 23.1 Å². The van der Waals surface area contributed by atoms with Gasteiger partial charge in [0, 0.05) is 28.8 Å². The zero-order valence-corrected chi connectivity index (χ0v) is 12.0. The number of anilines is 1. The lowest BCUT2D eigenvalue weighted by Gasteiger charge is -2.25. The molecule has 1 fully saturated rings. The molecular formula is C13H19N3O3S. The molecule has 1 saturated heterocycles. The van der Waals surface area contributed by atoms with Gasteiger partial charge >= 0.3 is 0 Å². The number of nitro benzene ring substituents is 1. The molecule has 0 unspecified atom stereocenters. The number of nitrogens with one attached hydrogen (secondary N) is 2. The summed E-state index contributed by atoms with van der Waals surface area (Å²) in [4.78, 5) is 11.5. The van der Waals surface area contributed by atoms with Gasteiger partial charge in [-0.15, -0.1) is 11.8 Å². The number of rotatable bonds is 6. The molecule has 1 aromatic carbocycles. The largest absolute Gasteiger partial charge is 0.396 e. The molecule has 0 spiro atoms. The van der Waals surface area contributed by atoms with Crippen molar-refractivity contribution < 1.29 is 10.0 Å². The lowest BCUT2D eigenvalue weighted by molar-refractivity contribution is -0.384. The second-order valence-electron chi connectivity index (χ2n) is 4.68. The molecular weight excluding hydrogens is 278 g/mol. The molecule has 0 amide bonds. The van der Waals surface area contributed by atoms with Crippen LogP contribution in [0.1, 0.15) is 12.8 Å². The Bertz CT molecular complexity index is 464. The highest BCUT2D eigenvalue weighted by molar-refractivity contribution is 7.99. The minimum Gasteiger partial charge on any atom is -0.396 e. The molecule has 0 aliphatic carbocycles. The van der Waals surface area contributed by atoms with Crippen LogP contribution >= 0.6 is 11.8 Å². The minimum absolute atomic E-state index is 0.0917. The van der Waals surface area contributed by atoms with Gasteiger partial charge in [-0.2, -0.15) is 0 Å². The molecule has 0 bridgehead atoms. The number of thioether (sulfide) groups is 1. The van der Waals surface area contributed by atoms with Crippen LogP contribution in [0.2, 0.25) is 0 Å². The van der Waals surface area contributed by atoms with Crippen LogP contribution in [0, 0.1) is 10.1 Å². The molecule has 20 heavy (non-hydrogen) atoms. The molecule has 6 nitrogen and oxygen atoms in total. The number of aliphatic hydroxyl groups is 1. The number of non-ortho nitro benzene ring substituents is 1. The Labute approximate surface area is 122 Å². The van der Waals surface area contributed by atoms with E-state index < -0.39 is 0 Å². The highest BCUT2D eigenvalue weighted by Gasteiger charge is 2.17. The molecule has 0 aromatic heterocycles. The van der Waals surface area contributed by atoms with Crippen LogP contribution in [0.5, 0.6) is 0 Å². The normalized spacial score (nSPS) is 16.1. The summed E-state index contributed by atoms with van der Waals surface area (Å²) in [7, 11) is 0. The van der Waals surface area contributed by atoms with Crippen molar-refractivity contribution in [3.63, 3.8) is 0 Å². The second-order valence-corrected chi connectivity index (χ2v) is 5.82. The van der Waals surface area contributed by atoms with Crippen molar-refractivity contribution in [3.8, 4) is 0 Å². The Hall–Kier alpha value is -1.31. The van der Waals surface area contributed by atoms with Crippen molar-refractivity contribution in [2.24, 2.45) is 0 Å². The lowest BCUT2D eigenvalue weighted by Crippen LogP contribution is -2.35. The van der Waals surface area contributed by atoms with E-state index in [0.29, 0.717) is 11.8 Å². The fourth-order valence-corrected chi connectivity index (χ4v) is 2.96. The fraction of sp³-hybridized carbons (Fsp3) is 0.538. The maximum Gasteiger partial charge on any atom is 0.271 e. The molecule has 0 saturated carbocycles. The molecule has 1 aliphatic rings. The van der Waals surface area contributed by atoms with Gasteiger partial charge < -0.3 is 15.7 Å². The first-order chi connectivity index (χ1) is 9.70. The average molecular weight is 297 g/mol. The zero-order valence-electron chi connectivity index (χ0n) is 11.2. The van der Waals surface area contributed by atoms with Crippen molar-refractivity contribution in [2.75, 3.05) is 30.8 Å². The van der Waals surface area contributed by atoms with Crippen LogP contribution < -0.4 is 10.6 Å². The van der Waals surface area contributed by atoms with Crippen LogP contribution in [0.3, 0.4) is 0 Å². The van der Waals surface area contributed by atoms with Crippen molar-refractivity contribution in [1.82, 2.24) is 5.32 Å². The van der Waals surface area contributed by atoms with Gasteiger partial charge in [0.2, 0.25) is 0 Å². The maximum atomic E-state index is 10.9. The average Bonchev–Trinajstić information content (AvgIpc) is 2.47. The fourth-order valence-electron chi connectivity index (χ4n) is 2.21. The Kier molecular flexibility index (Phi) is 5.63. The molecule has 0 atom stereocenters. The first-order valence-electron chi connectivity index (χ1n) is 6.70. The number of hydrogen-bond acceptors (Lipinski definition) is 6. The summed E-state index contributed by atoms with van der Waals surface area (Å²) in [6, 6.07) is 5.18. The van der Waals surface area contributed by atoms with Gasteiger partial charge in [-0.1, -0.05) is 0 Å². The Morgan fingerprint density at radius 1 is 1.45 bits per heavy atom. The standard InChI is InChI=1S/C13H19N3O3S/c17-7-8-20-13-2-1-11(16(18)19)9-12(13)15-10-3-5-14-6-4-10/h1-2,9-10,14-15,17H,3-8H2. The van der Waals surface area contributed by atoms with Gasteiger partial charge in [0.25, 0.3) is 5.69 Å².